The van der Waals surface area contributed by atoms with E-state index >= 15 is 0 Å². The van der Waals surface area contributed by atoms with Crippen LogP contribution < -0.4 is 11.1 Å². The van der Waals surface area contributed by atoms with Crippen molar-refractivity contribution in [3.63, 3.8) is 0 Å². The van der Waals surface area contributed by atoms with Crippen LogP contribution in [0, 0.1) is 0 Å². The summed E-state index contributed by atoms with van der Waals surface area (Å²) in [5.74, 6) is 0.119. The number of thioether (sulfide) groups is 1. The monoisotopic (exact) mass is 358 g/mol. The molecule has 6 nitrogen and oxygen atoms in total. The zero-order chi connectivity index (χ0) is 18.2. The fourth-order valence-electron chi connectivity index (χ4n) is 2.97. The fraction of sp³-hybridized carbons (Fsp3) is 0.389. The van der Waals surface area contributed by atoms with E-state index in [4.69, 9.17) is 5.73 Å². The molecule has 2 aliphatic heterocycles. The maximum Gasteiger partial charge on any atom is 0.238 e. The minimum Gasteiger partial charge on any atom is -0.369 e. The molecule has 0 saturated carbocycles. The van der Waals surface area contributed by atoms with Crippen molar-refractivity contribution < 1.29 is 9.59 Å². The van der Waals surface area contributed by atoms with Gasteiger partial charge in [0.25, 0.3) is 0 Å². The van der Waals surface area contributed by atoms with E-state index in [0.717, 1.165) is 12.0 Å². The Morgan fingerprint density at radius 3 is 2.88 bits per heavy atom. The molecule has 0 saturated heterocycles. The van der Waals surface area contributed by atoms with Crippen molar-refractivity contribution in [1.82, 2.24) is 4.90 Å². The van der Waals surface area contributed by atoms with Gasteiger partial charge in [0.05, 0.1) is 17.2 Å². The summed E-state index contributed by atoms with van der Waals surface area (Å²) in [4.78, 5) is 30.4. The third-order valence-corrected chi connectivity index (χ3v) is 5.81. The van der Waals surface area contributed by atoms with Gasteiger partial charge < -0.3 is 11.1 Å². The number of nitrogens with one attached hydrogen (secondary N) is 1. The van der Waals surface area contributed by atoms with Gasteiger partial charge in [-0.25, -0.2) is 4.99 Å². The molecular weight excluding hydrogens is 336 g/mol. The molecule has 0 bridgehead atoms. The van der Waals surface area contributed by atoms with Gasteiger partial charge in [-0.15, -0.1) is 11.8 Å². The number of amides is 2. The first kappa shape index (κ1) is 17.5. The van der Waals surface area contributed by atoms with Gasteiger partial charge in [-0.3, -0.25) is 14.5 Å². The van der Waals surface area contributed by atoms with Crippen molar-refractivity contribution >= 4 is 35.2 Å². The first-order valence-corrected chi connectivity index (χ1v) is 9.07. The van der Waals surface area contributed by atoms with Crippen molar-refractivity contribution in [2.24, 2.45) is 10.7 Å². The summed E-state index contributed by atoms with van der Waals surface area (Å²) in [5, 5.41) is 4.91. The highest BCUT2D eigenvalue weighted by Crippen LogP contribution is 2.35. The number of carbonyl (C=O) groups excluding carboxylic acids is 2. The average molecular weight is 358 g/mol. The zero-order valence-corrected chi connectivity index (χ0v) is 15.4. The Kier molecular flexibility index (Phi) is 4.60. The van der Waals surface area contributed by atoms with E-state index in [1.807, 2.05) is 43.5 Å². The number of carbonyl (C=O) groups is 2. The Bertz CT molecular complexity index is 789. The lowest BCUT2D eigenvalue weighted by Gasteiger charge is -2.33. The molecule has 0 radical (unpaired) electrons. The molecule has 132 valence electrons. The first-order valence-electron chi connectivity index (χ1n) is 8.13. The largest absolute Gasteiger partial charge is 0.369 e. The van der Waals surface area contributed by atoms with Gasteiger partial charge in [-0.05, 0) is 43.4 Å². The molecule has 2 aliphatic rings. The van der Waals surface area contributed by atoms with E-state index in [-0.39, 0.29) is 29.4 Å². The predicted molar refractivity (Wildman–Crippen MR) is 101 cm³/mol. The van der Waals surface area contributed by atoms with Gasteiger partial charge in [-0.2, -0.15) is 0 Å². The summed E-state index contributed by atoms with van der Waals surface area (Å²) < 4.78 is 0. The van der Waals surface area contributed by atoms with Crippen LogP contribution in [0.25, 0.3) is 0 Å². The Morgan fingerprint density at radius 1 is 1.48 bits per heavy atom. The molecule has 25 heavy (non-hydrogen) atoms. The molecule has 7 heteroatoms. The number of benzene rings is 1. The Hall–Kier alpha value is -2.28. The molecule has 2 atom stereocenters. The van der Waals surface area contributed by atoms with Crippen LogP contribution in [-0.4, -0.2) is 35.0 Å². The molecule has 2 heterocycles. The van der Waals surface area contributed by atoms with Crippen molar-refractivity contribution in [3.8, 4) is 0 Å². The summed E-state index contributed by atoms with van der Waals surface area (Å²) in [6.45, 7) is 3.91. The predicted octanol–water partition coefficient (Wildman–Crippen LogP) is 2.43. The van der Waals surface area contributed by atoms with E-state index in [1.54, 1.807) is 18.8 Å². The van der Waals surface area contributed by atoms with Crippen LogP contribution in [0.2, 0.25) is 0 Å². The van der Waals surface area contributed by atoms with E-state index in [2.05, 4.69) is 10.3 Å². The van der Waals surface area contributed by atoms with E-state index in [9.17, 15) is 9.59 Å². The normalized spacial score (nSPS) is 26.3. The number of rotatable bonds is 3. The molecule has 1 aromatic carbocycles. The second-order valence-electron chi connectivity index (χ2n) is 6.74. The molecule has 0 aromatic heterocycles. The second-order valence-corrected chi connectivity index (χ2v) is 7.81. The topological polar surface area (TPSA) is 87.8 Å². The summed E-state index contributed by atoms with van der Waals surface area (Å²) in [7, 11) is 1.62. The van der Waals surface area contributed by atoms with Gasteiger partial charge in [-0.1, -0.05) is 17.7 Å². The van der Waals surface area contributed by atoms with Crippen LogP contribution in [0.15, 0.2) is 40.2 Å². The molecule has 2 amide bonds. The Balaban J connectivity index is 1.80. The number of nitrogens with two attached hydrogens (primary N) is 1. The number of hydrogen-bond donors (Lipinski definition) is 2. The lowest BCUT2D eigenvalue weighted by atomic mass is 9.87. The molecule has 0 aliphatic carbocycles. The highest BCUT2D eigenvalue weighted by atomic mass is 32.2. The minimum absolute atomic E-state index is 0.0112. The first-order chi connectivity index (χ1) is 11.8. The lowest BCUT2D eigenvalue weighted by Crippen LogP contribution is -2.47. The van der Waals surface area contributed by atoms with Crippen LogP contribution in [-0.2, 0) is 15.1 Å². The highest BCUT2D eigenvalue weighted by Gasteiger charge is 2.36. The standard InChI is InChI=1S/C18H22N4O2S/c1-11-7-14(25-10-11)16(24)20-13-6-4-5-12(8-13)18(2)9-15(23)22(3)17(19)21-18/h4-6,8,10,14H,7,9H2,1-3H3,(H2,19,21)(H,20,24). The van der Waals surface area contributed by atoms with Crippen LogP contribution in [0.3, 0.4) is 0 Å². The molecule has 2 unspecified atom stereocenters. The molecule has 1 aromatic rings. The molecule has 0 spiro atoms. The maximum absolute atomic E-state index is 12.4. The van der Waals surface area contributed by atoms with Crippen molar-refractivity contribution in [1.29, 1.82) is 0 Å². The van der Waals surface area contributed by atoms with Gasteiger partial charge in [0.2, 0.25) is 11.8 Å². The third-order valence-electron chi connectivity index (χ3n) is 4.56. The van der Waals surface area contributed by atoms with Gasteiger partial charge in [0.15, 0.2) is 5.96 Å². The quantitative estimate of drug-likeness (QED) is 0.869. The number of nitrogens with zero attached hydrogens (tertiary/aromatic N) is 2. The minimum atomic E-state index is -0.728. The summed E-state index contributed by atoms with van der Waals surface area (Å²) in [6.07, 6.45) is 1.01. The van der Waals surface area contributed by atoms with Crippen molar-refractivity contribution in [2.75, 3.05) is 12.4 Å². The highest BCUT2D eigenvalue weighted by molar-refractivity contribution is 8.03. The van der Waals surface area contributed by atoms with Crippen LogP contribution in [0.4, 0.5) is 5.69 Å². The lowest BCUT2D eigenvalue weighted by molar-refractivity contribution is -0.128. The summed E-state index contributed by atoms with van der Waals surface area (Å²) in [6, 6.07) is 7.47. The van der Waals surface area contributed by atoms with Crippen LogP contribution in [0.1, 0.15) is 32.3 Å². The zero-order valence-electron chi connectivity index (χ0n) is 14.6. The Morgan fingerprint density at radius 2 is 2.24 bits per heavy atom. The Labute approximate surface area is 151 Å². The van der Waals surface area contributed by atoms with Gasteiger partial charge >= 0.3 is 0 Å². The van der Waals surface area contributed by atoms with Crippen molar-refractivity contribution in [2.45, 2.75) is 37.5 Å². The molecule has 3 rings (SSSR count). The van der Waals surface area contributed by atoms with E-state index in [1.165, 1.54) is 10.5 Å². The maximum atomic E-state index is 12.4. The number of hydrogen-bond acceptors (Lipinski definition) is 5. The van der Waals surface area contributed by atoms with Gasteiger partial charge in [0, 0.05) is 12.7 Å². The number of guanidine groups is 1. The number of anilines is 1. The molecule has 3 N–H and O–H groups in total. The molecule has 0 fully saturated rings. The van der Waals surface area contributed by atoms with E-state index in [0.29, 0.717) is 5.69 Å². The van der Waals surface area contributed by atoms with Crippen LogP contribution in [0.5, 0.6) is 0 Å². The summed E-state index contributed by atoms with van der Waals surface area (Å²) >= 11 is 1.55. The van der Waals surface area contributed by atoms with Crippen molar-refractivity contribution in [3.05, 3.63) is 40.8 Å². The SMILES string of the molecule is CC1=CSC(C(=O)Nc2cccc(C3(C)CC(=O)N(C)C(N)=N3)c2)C1. The third kappa shape index (κ3) is 3.56. The smallest absolute Gasteiger partial charge is 0.238 e. The van der Waals surface area contributed by atoms with Gasteiger partial charge in [0.1, 0.15) is 0 Å². The second kappa shape index (κ2) is 6.55. The summed E-state index contributed by atoms with van der Waals surface area (Å²) in [5.41, 5.74) is 7.92. The van der Waals surface area contributed by atoms with Crippen LogP contribution >= 0.6 is 11.8 Å². The fourth-order valence-corrected chi connectivity index (χ4v) is 4.01. The number of allylic oxidation sites excluding steroid dienone is 1. The number of aliphatic imine (C=N–C) groups is 1. The average Bonchev–Trinajstić information content (AvgIpc) is 2.99. The molecular formula is C18H22N4O2S. The van der Waals surface area contributed by atoms with E-state index < -0.39 is 5.54 Å².